The van der Waals surface area contributed by atoms with Gasteiger partial charge in [0, 0.05) is 17.5 Å². The maximum atomic E-state index is 12.8. The Kier molecular flexibility index (Phi) is 4.45. The summed E-state index contributed by atoms with van der Waals surface area (Å²) in [5.41, 5.74) is 2.63. The lowest BCUT2D eigenvalue weighted by Gasteiger charge is -2.23. The Hall–Kier alpha value is -1.78. The van der Waals surface area contributed by atoms with E-state index >= 15 is 0 Å². The van der Waals surface area contributed by atoms with Crippen molar-refractivity contribution in [3.8, 4) is 0 Å². The van der Waals surface area contributed by atoms with Crippen LogP contribution in [0.3, 0.4) is 0 Å². The minimum Gasteiger partial charge on any atom is -0.481 e. The molecule has 24 heavy (non-hydrogen) atoms. The number of fused-ring (bicyclic) bond motifs is 2. The number of carboxylic acid groups (broad SMARTS) is 1. The molecule has 0 saturated heterocycles. The normalized spacial score (nSPS) is 27.4. The fourth-order valence-electron chi connectivity index (χ4n) is 3.84. The van der Waals surface area contributed by atoms with Crippen LogP contribution in [0.4, 0.5) is 5.69 Å². The molecule has 1 saturated carbocycles. The molecule has 1 amide bonds. The molecule has 0 spiro atoms. The van der Waals surface area contributed by atoms with Crippen molar-refractivity contribution in [2.45, 2.75) is 13.8 Å². The van der Waals surface area contributed by atoms with Gasteiger partial charge in [-0.15, -0.1) is 0 Å². The zero-order valence-corrected chi connectivity index (χ0v) is 14.7. The molecular weight excluding hydrogens is 349 g/mol. The van der Waals surface area contributed by atoms with Gasteiger partial charge in [-0.2, -0.15) is 0 Å². The number of anilines is 1. The lowest BCUT2D eigenvalue weighted by Crippen LogP contribution is -2.36. The highest BCUT2D eigenvalue weighted by Crippen LogP contribution is 2.53. The molecule has 0 radical (unpaired) electrons. The van der Waals surface area contributed by atoms with Crippen molar-refractivity contribution in [1.29, 1.82) is 0 Å². The number of benzene rings is 1. The molecule has 4 nitrogen and oxygen atoms in total. The first-order valence-corrected chi connectivity index (χ1v) is 8.41. The van der Waals surface area contributed by atoms with E-state index in [0.717, 1.165) is 11.1 Å². The average Bonchev–Trinajstić information content (AvgIpc) is 3.06. The SMILES string of the molecule is CC(C)=C1[C@H]2C=C[C@H]1[C@@H](C(=O)Nc1ccc(Cl)c(Cl)c1)[C@@H]2C(=O)O. The van der Waals surface area contributed by atoms with E-state index in [0.29, 0.717) is 15.7 Å². The summed E-state index contributed by atoms with van der Waals surface area (Å²) in [6.45, 7) is 3.92. The number of rotatable bonds is 3. The Bertz CT molecular complexity index is 780. The van der Waals surface area contributed by atoms with Gasteiger partial charge >= 0.3 is 5.97 Å². The maximum absolute atomic E-state index is 12.8. The predicted octanol–water partition coefficient (Wildman–Crippen LogP) is 4.40. The third kappa shape index (κ3) is 2.74. The molecule has 1 aromatic carbocycles. The number of carbonyl (C=O) groups excluding carboxylic acids is 1. The van der Waals surface area contributed by atoms with Crippen LogP contribution < -0.4 is 5.32 Å². The summed E-state index contributed by atoms with van der Waals surface area (Å²) in [5, 5.41) is 13.1. The Morgan fingerprint density at radius 2 is 1.67 bits per heavy atom. The molecule has 0 aromatic heterocycles. The van der Waals surface area contributed by atoms with Crippen molar-refractivity contribution in [3.63, 3.8) is 0 Å². The summed E-state index contributed by atoms with van der Waals surface area (Å²) in [4.78, 5) is 24.5. The van der Waals surface area contributed by atoms with E-state index < -0.39 is 17.8 Å². The molecule has 3 rings (SSSR count). The number of carbonyl (C=O) groups is 2. The second-order valence-electron chi connectivity index (χ2n) is 6.40. The van der Waals surface area contributed by atoms with Crippen LogP contribution in [0.2, 0.25) is 10.0 Å². The second-order valence-corrected chi connectivity index (χ2v) is 7.21. The second kappa shape index (κ2) is 6.26. The number of halogens is 2. The van der Waals surface area contributed by atoms with Gasteiger partial charge in [0.25, 0.3) is 0 Å². The number of allylic oxidation sites excluding steroid dienone is 4. The first-order chi connectivity index (χ1) is 11.3. The van der Waals surface area contributed by atoms with Gasteiger partial charge < -0.3 is 10.4 Å². The molecule has 1 fully saturated rings. The first kappa shape index (κ1) is 17.1. The van der Waals surface area contributed by atoms with Crippen LogP contribution in [-0.2, 0) is 9.59 Å². The number of hydrogen-bond acceptors (Lipinski definition) is 2. The van der Waals surface area contributed by atoms with E-state index in [-0.39, 0.29) is 17.7 Å². The van der Waals surface area contributed by atoms with Crippen molar-refractivity contribution in [3.05, 3.63) is 51.5 Å². The van der Waals surface area contributed by atoms with Gasteiger partial charge in [-0.3, -0.25) is 9.59 Å². The van der Waals surface area contributed by atoms with Crippen LogP contribution >= 0.6 is 23.2 Å². The summed E-state index contributed by atoms with van der Waals surface area (Å²) in [7, 11) is 0. The van der Waals surface area contributed by atoms with E-state index in [9.17, 15) is 14.7 Å². The van der Waals surface area contributed by atoms with Gasteiger partial charge in [0.2, 0.25) is 5.91 Å². The summed E-state index contributed by atoms with van der Waals surface area (Å²) < 4.78 is 0. The predicted molar refractivity (Wildman–Crippen MR) is 94.2 cm³/mol. The Morgan fingerprint density at radius 1 is 1.04 bits per heavy atom. The minimum atomic E-state index is -0.945. The van der Waals surface area contributed by atoms with Crippen molar-refractivity contribution >= 4 is 40.8 Å². The molecule has 4 atom stereocenters. The molecule has 0 aliphatic heterocycles. The van der Waals surface area contributed by atoms with E-state index in [4.69, 9.17) is 23.2 Å². The molecule has 0 heterocycles. The highest BCUT2D eigenvalue weighted by atomic mass is 35.5. The number of hydrogen-bond donors (Lipinski definition) is 2. The summed E-state index contributed by atoms with van der Waals surface area (Å²) in [6.07, 6.45) is 3.86. The monoisotopic (exact) mass is 365 g/mol. The topological polar surface area (TPSA) is 66.4 Å². The van der Waals surface area contributed by atoms with Gasteiger partial charge in [-0.05, 0) is 32.0 Å². The number of nitrogens with one attached hydrogen (secondary N) is 1. The van der Waals surface area contributed by atoms with Crippen LogP contribution in [0.25, 0.3) is 0 Å². The quantitative estimate of drug-likeness (QED) is 0.780. The lowest BCUT2D eigenvalue weighted by atomic mass is 9.82. The van der Waals surface area contributed by atoms with E-state index in [2.05, 4.69) is 5.32 Å². The molecule has 2 N–H and O–H groups in total. The molecule has 2 aliphatic carbocycles. The minimum absolute atomic E-state index is 0.163. The average molecular weight is 366 g/mol. The molecule has 0 unspecified atom stereocenters. The van der Waals surface area contributed by atoms with E-state index in [1.807, 2.05) is 26.0 Å². The number of carboxylic acids is 1. The zero-order chi connectivity index (χ0) is 17.6. The Balaban J connectivity index is 1.91. The van der Waals surface area contributed by atoms with Crippen molar-refractivity contribution in [1.82, 2.24) is 0 Å². The molecule has 2 bridgehead atoms. The molecule has 1 aromatic rings. The van der Waals surface area contributed by atoms with Gasteiger partial charge in [-0.25, -0.2) is 0 Å². The van der Waals surface area contributed by atoms with Crippen molar-refractivity contribution < 1.29 is 14.7 Å². The van der Waals surface area contributed by atoms with Crippen LogP contribution in [-0.4, -0.2) is 17.0 Å². The van der Waals surface area contributed by atoms with Crippen molar-refractivity contribution in [2.24, 2.45) is 23.7 Å². The highest BCUT2D eigenvalue weighted by molar-refractivity contribution is 6.42. The smallest absolute Gasteiger partial charge is 0.308 e. The molecular formula is C18H17Cl2NO3. The number of aliphatic carboxylic acids is 1. The van der Waals surface area contributed by atoms with Crippen molar-refractivity contribution in [2.75, 3.05) is 5.32 Å². The largest absolute Gasteiger partial charge is 0.481 e. The van der Waals surface area contributed by atoms with Crippen LogP contribution in [0.5, 0.6) is 0 Å². The van der Waals surface area contributed by atoms with Crippen LogP contribution in [0, 0.1) is 23.7 Å². The molecule has 2 aliphatic rings. The maximum Gasteiger partial charge on any atom is 0.308 e. The molecule has 126 valence electrons. The Labute approximate surface area is 150 Å². The van der Waals surface area contributed by atoms with Gasteiger partial charge in [0.1, 0.15) is 0 Å². The molecule has 6 heteroatoms. The summed E-state index contributed by atoms with van der Waals surface area (Å²) in [5.74, 6) is -2.99. The summed E-state index contributed by atoms with van der Waals surface area (Å²) >= 11 is 11.8. The zero-order valence-electron chi connectivity index (χ0n) is 13.2. The lowest BCUT2D eigenvalue weighted by molar-refractivity contribution is -0.146. The number of amides is 1. The highest BCUT2D eigenvalue weighted by Gasteiger charge is 2.54. The third-order valence-corrected chi connectivity index (χ3v) is 5.50. The van der Waals surface area contributed by atoms with Gasteiger partial charge in [0.15, 0.2) is 0 Å². The standard InChI is InChI=1S/C18H17Cl2NO3/c1-8(2)14-10-4-5-11(14)16(18(23)24)15(10)17(22)21-9-3-6-12(19)13(20)7-9/h3-7,10-11,15-16H,1-2H3,(H,21,22)(H,23,24)/t10-,11-,15-,16-/m1/s1. The summed E-state index contributed by atoms with van der Waals surface area (Å²) in [6, 6.07) is 4.80. The first-order valence-electron chi connectivity index (χ1n) is 7.65. The third-order valence-electron chi connectivity index (χ3n) is 4.76. The Morgan fingerprint density at radius 3 is 2.21 bits per heavy atom. The van der Waals surface area contributed by atoms with Gasteiger partial charge in [-0.1, -0.05) is 46.5 Å². The fourth-order valence-corrected chi connectivity index (χ4v) is 4.14. The van der Waals surface area contributed by atoms with E-state index in [1.165, 1.54) is 0 Å². The van der Waals surface area contributed by atoms with Crippen LogP contribution in [0.1, 0.15) is 13.8 Å². The van der Waals surface area contributed by atoms with E-state index in [1.54, 1.807) is 18.2 Å². The fraction of sp³-hybridized carbons (Fsp3) is 0.333. The van der Waals surface area contributed by atoms with Gasteiger partial charge in [0.05, 0.1) is 21.9 Å². The van der Waals surface area contributed by atoms with Crippen LogP contribution in [0.15, 0.2) is 41.5 Å².